The third-order valence-corrected chi connectivity index (χ3v) is 7.89. The summed E-state index contributed by atoms with van der Waals surface area (Å²) in [6, 6.07) is 13.1. The van der Waals surface area contributed by atoms with Gasteiger partial charge in [-0.15, -0.1) is 0 Å². The summed E-state index contributed by atoms with van der Waals surface area (Å²) in [4.78, 5) is 32.3. The van der Waals surface area contributed by atoms with Gasteiger partial charge in [-0.3, -0.25) is 9.59 Å². The standard InChI is InChI=1S/C32H46N6O2/c1-3-5-11-26(12-6-4-2)34-31(40)25-15-18-28-29(23-25)38(22-10-21-37-19-8-7-9-20-37)32(36-28)35-27-16-13-24(14-17-27)30(33)39/h13-18,23,26H,3-12,19-22H2,1-2H3,(H2,33,39)(H,34,40)(H,35,36). The maximum Gasteiger partial charge on any atom is 0.251 e. The van der Waals surface area contributed by atoms with Gasteiger partial charge in [-0.25, -0.2) is 4.98 Å². The Bertz CT molecular complexity index is 1240. The number of piperidine rings is 1. The van der Waals surface area contributed by atoms with Crippen LogP contribution in [0.3, 0.4) is 0 Å². The highest BCUT2D eigenvalue weighted by Crippen LogP contribution is 2.25. The van der Waals surface area contributed by atoms with Gasteiger partial charge in [0.15, 0.2) is 0 Å². The van der Waals surface area contributed by atoms with Crippen molar-refractivity contribution >= 4 is 34.5 Å². The van der Waals surface area contributed by atoms with Crippen molar-refractivity contribution in [3.05, 3.63) is 53.6 Å². The fourth-order valence-electron chi connectivity index (χ4n) is 5.53. The molecule has 1 aromatic heterocycles. The van der Waals surface area contributed by atoms with Crippen molar-refractivity contribution in [1.29, 1.82) is 0 Å². The molecule has 0 unspecified atom stereocenters. The molecular formula is C32H46N6O2. The molecule has 8 heteroatoms. The van der Waals surface area contributed by atoms with Gasteiger partial charge >= 0.3 is 0 Å². The average Bonchev–Trinajstić information content (AvgIpc) is 3.31. The Morgan fingerprint density at radius 3 is 2.23 bits per heavy atom. The van der Waals surface area contributed by atoms with Crippen molar-refractivity contribution in [3.8, 4) is 0 Å². The van der Waals surface area contributed by atoms with Gasteiger partial charge in [0.1, 0.15) is 0 Å². The van der Waals surface area contributed by atoms with E-state index in [4.69, 9.17) is 10.7 Å². The number of nitrogens with zero attached hydrogens (tertiary/aromatic N) is 3. The molecule has 2 aromatic carbocycles. The van der Waals surface area contributed by atoms with Crippen LogP contribution in [0.2, 0.25) is 0 Å². The number of rotatable bonds is 15. The number of carbonyl (C=O) groups excluding carboxylic acids is 2. The van der Waals surface area contributed by atoms with Gasteiger partial charge in [-0.1, -0.05) is 46.0 Å². The van der Waals surface area contributed by atoms with E-state index in [0.717, 1.165) is 80.7 Å². The van der Waals surface area contributed by atoms with E-state index in [2.05, 4.69) is 33.9 Å². The topological polar surface area (TPSA) is 105 Å². The minimum atomic E-state index is -0.450. The SMILES string of the molecule is CCCCC(CCCC)NC(=O)c1ccc2nc(Nc3ccc(C(N)=O)cc3)n(CCCN3CCCCC3)c2c1. The molecule has 3 aromatic rings. The molecule has 1 fully saturated rings. The van der Waals surface area contributed by atoms with Crippen molar-refractivity contribution in [1.82, 2.24) is 19.8 Å². The maximum absolute atomic E-state index is 13.3. The molecule has 1 aliphatic heterocycles. The van der Waals surface area contributed by atoms with Crippen LogP contribution in [0, 0.1) is 0 Å². The highest BCUT2D eigenvalue weighted by Gasteiger charge is 2.18. The molecule has 0 bridgehead atoms. The summed E-state index contributed by atoms with van der Waals surface area (Å²) in [5, 5.41) is 6.74. The Labute approximate surface area is 238 Å². The zero-order valence-corrected chi connectivity index (χ0v) is 24.3. The largest absolute Gasteiger partial charge is 0.366 e. The number of imidazole rings is 1. The zero-order chi connectivity index (χ0) is 28.3. The first-order chi connectivity index (χ1) is 19.5. The molecule has 0 spiro atoms. The van der Waals surface area contributed by atoms with Crippen LogP contribution in [-0.2, 0) is 6.54 Å². The van der Waals surface area contributed by atoms with Gasteiger partial charge in [0.2, 0.25) is 11.9 Å². The number of fused-ring (bicyclic) bond motifs is 1. The van der Waals surface area contributed by atoms with Crippen molar-refractivity contribution in [3.63, 3.8) is 0 Å². The highest BCUT2D eigenvalue weighted by atomic mass is 16.2. The van der Waals surface area contributed by atoms with E-state index in [0.29, 0.717) is 11.1 Å². The van der Waals surface area contributed by atoms with E-state index >= 15 is 0 Å². The first-order valence-corrected chi connectivity index (χ1v) is 15.2. The zero-order valence-electron chi connectivity index (χ0n) is 24.3. The summed E-state index contributed by atoms with van der Waals surface area (Å²) in [7, 11) is 0. The van der Waals surface area contributed by atoms with E-state index in [1.54, 1.807) is 12.1 Å². The second-order valence-corrected chi connectivity index (χ2v) is 11.1. The Hall–Kier alpha value is -3.39. The van der Waals surface area contributed by atoms with Crippen LogP contribution >= 0.6 is 0 Å². The predicted molar refractivity (Wildman–Crippen MR) is 163 cm³/mol. The molecule has 0 aliphatic carbocycles. The number of anilines is 2. The van der Waals surface area contributed by atoms with Gasteiger partial charge in [0.05, 0.1) is 11.0 Å². The second-order valence-electron chi connectivity index (χ2n) is 11.1. The quantitative estimate of drug-likeness (QED) is 0.209. The van der Waals surface area contributed by atoms with E-state index < -0.39 is 5.91 Å². The smallest absolute Gasteiger partial charge is 0.251 e. The van der Waals surface area contributed by atoms with Crippen LogP contribution in [-0.4, -0.2) is 51.9 Å². The van der Waals surface area contributed by atoms with E-state index in [1.165, 1.54) is 32.4 Å². The van der Waals surface area contributed by atoms with Crippen molar-refractivity contribution in [2.75, 3.05) is 25.0 Å². The number of likely N-dealkylation sites (tertiary alicyclic amines) is 1. The summed E-state index contributed by atoms with van der Waals surface area (Å²) in [5.74, 6) is 0.257. The predicted octanol–water partition coefficient (Wildman–Crippen LogP) is 6.23. The van der Waals surface area contributed by atoms with E-state index in [9.17, 15) is 9.59 Å². The molecule has 2 amide bonds. The number of nitrogens with two attached hydrogens (primary N) is 1. The molecule has 2 heterocycles. The lowest BCUT2D eigenvalue weighted by Gasteiger charge is -2.26. The summed E-state index contributed by atoms with van der Waals surface area (Å²) >= 11 is 0. The number of nitrogens with one attached hydrogen (secondary N) is 2. The molecule has 216 valence electrons. The summed E-state index contributed by atoms with van der Waals surface area (Å²) in [6.45, 7) is 8.55. The molecule has 4 N–H and O–H groups in total. The number of aryl methyl sites for hydroxylation is 1. The molecule has 1 saturated heterocycles. The third-order valence-electron chi connectivity index (χ3n) is 7.89. The van der Waals surface area contributed by atoms with E-state index in [-0.39, 0.29) is 11.9 Å². The second kappa shape index (κ2) is 14.8. The van der Waals surface area contributed by atoms with Crippen LogP contribution in [0.4, 0.5) is 11.6 Å². The molecule has 0 radical (unpaired) electrons. The molecule has 40 heavy (non-hydrogen) atoms. The number of aromatic nitrogens is 2. The highest BCUT2D eigenvalue weighted by molar-refractivity contribution is 5.98. The molecule has 0 saturated carbocycles. The third kappa shape index (κ3) is 8.07. The molecule has 4 rings (SSSR count). The van der Waals surface area contributed by atoms with Gasteiger partial charge in [-0.05, 0) is 94.2 Å². The lowest BCUT2D eigenvalue weighted by molar-refractivity contribution is 0.0931. The first-order valence-electron chi connectivity index (χ1n) is 15.2. The van der Waals surface area contributed by atoms with Crippen molar-refractivity contribution < 1.29 is 9.59 Å². The number of benzene rings is 2. The van der Waals surface area contributed by atoms with Crippen molar-refractivity contribution in [2.24, 2.45) is 5.73 Å². The minimum Gasteiger partial charge on any atom is -0.366 e. The Morgan fingerprint density at radius 1 is 0.900 bits per heavy atom. The summed E-state index contributed by atoms with van der Waals surface area (Å²) in [5.41, 5.74) is 9.16. The summed E-state index contributed by atoms with van der Waals surface area (Å²) < 4.78 is 2.18. The van der Waals surface area contributed by atoms with Crippen LogP contribution in [0.15, 0.2) is 42.5 Å². The van der Waals surface area contributed by atoms with Crippen LogP contribution in [0.5, 0.6) is 0 Å². The normalized spacial score (nSPS) is 14.1. The number of hydrogen-bond donors (Lipinski definition) is 3. The van der Waals surface area contributed by atoms with Gasteiger partial charge in [-0.2, -0.15) is 0 Å². The van der Waals surface area contributed by atoms with Crippen LogP contribution < -0.4 is 16.4 Å². The number of primary amides is 1. The van der Waals surface area contributed by atoms with E-state index in [1.807, 2.05) is 30.3 Å². The van der Waals surface area contributed by atoms with Crippen molar-refractivity contribution in [2.45, 2.75) is 90.6 Å². The Kier molecular flexibility index (Phi) is 11.0. The monoisotopic (exact) mass is 546 g/mol. The minimum absolute atomic E-state index is 0.0169. The lowest BCUT2D eigenvalue weighted by atomic mass is 10.0. The van der Waals surface area contributed by atoms with Gasteiger partial charge in [0.25, 0.3) is 5.91 Å². The van der Waals surface area contributed by atoms with Crippen LogP contribution in [0.1, 0.15) is 98.8 Å². The number of unbranched alkanes of at least 4 members (excludes halogenated alkanes) is 2. The fourth-order valence-corrected chi connectivity index (χ4v) is 5.53. The van der Waals surface area contributed by atoms with Gasteiger partial charge < -0.3 is 25.8 Å². The summed E-state index contributed by atoms with van der Waals surface area (Å²) in [6.07, 6.45) is 11.4. The number of carbonyl (C=O) groups is 2. The van der Waals surface area contributed by atoms with Crippen LogP contribution in [0.25, 0.3) is 11.0 Å². The fraction of sp³-hybridized carbons (Fsp3) is 0.531. The average molecular weight is 547 g/mol. The molecule has 1 aliphatic rings. The number of amides is 2. The lowest BCUT2D eigenvalue weighted by Crippen LogP contribution is -2.34. The Balaban J connectivity index is 1.57. The first kappa shape index (κ1) is 29.6. The molecule has 8 nitrogen and oxygen atoms in total. The van der Waals surface area contributed by atoms with Gasteiger partial charge in [0, 0.05) is 29.4 Å². The molecule has 0 atom stereocenters. The number of hydrogen-bond acceptors (Lipinski definition) is 5. The Morgan fingerprint density at radius 2 is 1.57 bits per heavy atom. The molecular weight excluding hydrogens is 500 g/mol. The maximum atomic E-state index is 13.3.